The highest BCUT2D eigenvalue weighted by Crippen LogP contribution is 2.25. The third-order valence-corrected chi connectivity index (χ3v) is 6.43. The number of nitrogens with one attached hydrogen (secondary N) is 2. The molecule has 0 aliphatic carbocycles. The Labute approximate surface area is 198 Å². The molecule has 1 fully saturated rings. The SMILES string of the molecule is CN=C(NCc1ccc(N2CCSCC2)cc1)NCc1cc(Cl)c(Cl)n1C.I. The molecule has 0 saturated carbocycles. The highest BCUT2D eigenvalue weighted by Gasteiger charge is 2.11. The largest absolute Gasteiger partial charge is 0.370 e. The second-order valence-electron chi connectivity index (χ2n) is 6.38. The van der Waals surface area contributed by atoms with Crippen LogP contribution in [0.2, 0.25) is 10.2 Å². The molecule has 28 heavy (non-hydrogen) atoms. The summed E-state index contributed by atoms with van der Waals surface area (Å²) in [5, 5.41) is 7.74. The van der Waals surface area contributed by atoms with Crippen LogP contribution in [0.15, 0.2) is 35.3 Å². The van der Waals surface area contributed by atoms with Gasteiger partial charge in [0.15, 0.2) is 5.96 Å². The first-order chi connectivity index (χ1) is 13.1. The summed E-state index contributed by atoms with van der Waals surface area (Å²) in [6, 6.07) is 10.6. The van der Waals surface area contributed by atoms with Crippen molar-refractivity contribution < 1.29 is 0 Å². The number of aliphatic imine (C=N–C) groups is 1. The Hall–Kier alpha value is -0.770. The van der Waals surface area contributed by atoms with E-state index in [2.05, 4.69) is 44.8 Å². The first kappa shape index (κ1) is 23.5. The minimum atomic E-state index is 0. The van der Waals surface area contributed by atoms with Crippen molar-refractivity contribution in [3.05, 3.63) is 51.8 Å². The van der Waals surface area contributed by atoms with E-state index in [4.69, 9.17) is 23.2 Å². The smallest absolute Gasteiger partial charge is 0.191 e. The van der Waals surface area contributed by atoms with Crippen LogP contribution in [0.25, 0.3) is 0 Å². The first-order valence-electron chi connectivity index (χ1n) is 8.94. The summed E-state index contributed by atoms with van der Waals surface area (Å²) < 4.78 is 1.86. The second kappa shape index (κ2) is 11.4. The molecule has 1 aromatic heterocycles. The number of guanidine groups is 1. The third kappa shape index (κ3) is 6.11. The van der Waals surface area contributed by atoms with E-state index < -0.39 is 0 Å². The lowest BCUT2D eigenvalue weighted by atomic mass is 10.2. The molecule has 1 aliphatic rings. The van der Waals surface area contributed by atoms with Crippen molar-refractivity contribution in [1.82, 2.24) is 15.2 Å². The maximum atomic E-state index is 6.11. The number of nitrogens with zero attached hydrogens (tertiary/aromatic N) is 3. The predicted molar refractivity (Wildman–Crippen MR) is 134 cm³/mol. The van der Waals surface area contributed by atoms with Crippen LogP contribution in [0, 0.1) is 0 Å². The molecule has 1 aromatic carbocycles. The van der Waals surface area contributed by atoms with Gasteiger partial charge in [-0.15, -0.1) is 24.0 Å². The summed E-state index contributed by atoms with van der Waals surface area (Å²) in [5.74, 6) is 3.16. The molecule has 2 heterocycles. The standard InChI is InChI=1S/C19H25Cl2N5S.HI/c1-22-19(24-13-16-11-17(20)18(21)25(16)2)23-12-14-3-5-15(6-4-14)26-7-9-27-10-8-26;/h3-6,11H,7-10,12-13H2,1-2H3,(H2,22,23,24);1H. The van der Waals surface area contributed by atoms with Crippen molar-refractivity contribution in [2.75, 3.05) is 36.5 Å². The van der Waals surface area contributed by atoms with Crippen LogP contribution >= 0.6 is 58.9 Å². The average Bonchev–Trinajstić information content (AvgIpc) is 2.96. The van der Waals surface area contributed by atoms with E-state index in [9.17, 15) is 0 Å². The molecular formula is C19H26Cl2IN5S. The lowest BCUT2D eigenvalue weighted by molar-refractivity contribution is 0.750. The number of anilines is 1. The van der Waals surface area contributed by atoms with Gasteiger partial charge >= 0.3 is 0 Å². The molecule has 1 aliphatic heterocycles. The van der Waals surface area contributed by atoms with Crippen LogP contribution in [0.1, 0.15) is 11.3 Å². The Morgan fingerprint density at radius 2 is 1.75 bits per heavy atom. The lowest BCUT2D eigenvalue weighted by Gasteiger charge is -2.28. The van der Waals surface area contributed by atoms with Crippen molar-refractivity contribution in [1.29, 1.82) is 0 Å². The summed E-state index contributed by atoms with van der Waals surface area (Å²) in [5.41, 5.74) is 3.52. The van der Waals surface area contributed by atoms with Crippen molar-refractivity contribution in [2.45, 2.75) is 13.1 Å². The van der Waals surface area contributed by atoms with Gasteiger partial charge in [0.1, 0.15) is 5.15 Å². The molecule has 9 heteroatoms. The highest BCUT2D eigenvalue weighted by molar-refractivity contribution is 14.0. The normalized spacial score (nSPS) is 14.6. The number of rotatable bonds is 5. The van der Waals surface area contributed by atoms with Gasteiger partial charge < -0.3 is 20.1 Å². The van der Waals surface area contributed by atoms with E-state index in [-0.39, 0.29) is 24.0 Å². The zero-order chi connectivity index (χ0) is 19.2. The van der Waals surface area contributed by atoms with Gasteiger partial charge in [-0.25, -0.2) is 0 Å². The lowest BCUT2D eigenvalue weighted by Crippen LogP contribution is -2.36. The highest BCUT2D eigenvalue weighted by atomic mass is 127. The van der Waals surface area contributed by atoms with Crippen LogP contribution in [-0.2, 0) is 20.1 Å². The predicted octanol–water partition coefficient (Wildman–Crippen LogP) is 4.37. The van der Waals surface area contributed by atoms with Gasteiger partial charge in [0, 0.05) is 56.6 Å². The van der Waals surface area contributed by atoms with Crippen molar-refractivity contribution >= 4 is 70.6 Å². The maximum absolute atomic E-state index is 6.11. The van der Waals surface area contributed by atoms with Gasteiger partial charge in [-0.2, -0.15) is 11.8 Å². The van der Waals surface area contributed by atoms with Crippen LogP contribution in [-0.4, -0.2) is 42.2 Å². The van der Waals surface area contributed by atoms with Gasteiger partial charge in [0.2, 0.25) is 0 Å². The minimum Gasteiger partial charge on any atom is -0.370 e. The number of hydrogen-bond donors (Lipinski definition) is 2. The Bertz CT molecular complexity index is 788. The molecule has 1 saturated heterocycles. The number of benzene rings is 1. The molecule has 3 rings (SSSR count). The Morgan fingerprint density at radius 1 is 1.11 bits per heavy atom. The average molecular weight is 554 g/mol. The van der Waals surface area contributed by atoms with Crippen LogP contribution < -0.4 is 15.5 Å². The fraction of sp³-hybridized carbons (Fsp3) is 0.421. The molecule has 0 amide bonds. The van der Waals surface area contributed by atoms with Crippen LogP contribution in [0.3, 0.4) is 0 Å². The molecule has 0 bridgehead atoms. The van der Waals surface area contributed by atoms with E-state index in [0.717, 1.165) is 24.7 Å². The maximum Gasteiger partial charge on any atom is 0.191 e. The van der Waals surface area contributed by atoms with E-state index in [1.165, 1.54) is 22.8 Å². The molecule has 154 valence electrons. The van der Waals surface area contributed by atoms with Crippen LogP contribution in [0.5, 0.6) is 0 Å². The van der Waals surface area contributed by atoms with Crippen molar-refractivity contribution in [3.8, 4) is 0 Å². The second-order valence-corrected chi connectivity index (χ2v) is 8.37. The van der Waals surface area contributed by atoms with E-state index in [0.29, 0.717) is 23.3 Å². The minimum absolute atomic E-state index is 0. The summed E-state index contributed by atoms with van der Waals surface area (Å²) in [7, 11) is 3.65. The monoisotopic (exact) mass is 553 g/mol. The first-order valence-corrected chi connectivity index (χ1v) is 10.9. The van der Waals surface area contributed by atoms with Gasteiger partial charge in [-0.05, 0) is 23.8 Å². The summed E-state index contributed by atoms with van der Waals surface area (Å²) in [6.07, 6.45) is 0. The van der Waals surface area contributed by atoms with E-state index in [1.807, 2.05) is 29.4 Å². The van der Waals surface area contributed by atoms with Gasteiger partial charge in [0.05, 0.1) is 11.6 Å². The topological polar surface area (TPSA) is 44.6 Å². The zero-order valence-electron chi connectivity index (χ0n) is 16.0. The van der Waals surface area contributed by atoms with E-state index in [1.54, 1.807) is 7.05 Å². The quantitative estimate of drug-likeness (QED) is 0.328. The van der Waals surface area contributed by atoms with Crippen molar-refractivity contribution in [3.63, 3.8) is 0 Å². The van der Waals surface area contributed by atoms with Gasteiger partial charge in [-0.1, -0.05) is 35.3 Å². The molecule has 2 N–H and O–H groups in total. The summed E-state index contributed by atoms with van der Waals surface area (Å²) in [4.78, 5) is 6.73. The number of halogens is 3. The molecule has 0 atom stereocenters. The Kier molecular flexibility index (Phi) is 9.59. The summed E-state index contributed by atoms with van der Waals surface area (Å²) >= 11 is 14.2. The zero-order valence-corrected chi connectivity index (χ0v) is 20.7. The Morgan fingerprint density at radius 3 is 2.32 bits per heavy atom. The van der Waals surface area contributed by atoms with Gasteiger partial charge in [-0.3, -0.25) is 4.99 Å². The number of thioether (sulfide) groups is 1. The fourth-order valence-electron chi connectivity index (χ4n) is 2.99. The van der Waals surface area contributed by atoms with Gasteiger partial charge in [0.25, 0.3) is 0 Å². The summed E-state index contributed by atoms with van der Waals surface area (Å²) in [6.45, 7) is 3.57. The molecule has 0 radical (unpaired) electrons. The Balaban J connectivity index is 0.00000280. The number of aromatic nitrogens is 1. The molecule has 0 unspecified atom stereocenters. The fourth-order valence-corrected chi connectivity index (χ4v) is 4.30. The van der Waals surface area contributed by atoms with E-state index >= 15 is 0 Å². The van der Waals surface area contributed by atoms with Crippen molar-refractivity contribution in [2.24, 2.45) is 12.0 Å². The molecule has 0 spiro atoms. The van der Waals surface area contributed by atoms with Crippen LogP contribution in [0.4, 0.5) is 5.69 Å². The molecule has 5 nitrogen and oxygen atoms in total. The number of hydrogen-bond acceptors (Lipinski definition) is 3. The third-order valence-electron chi connectivity index (χ3n) is 4.65. The molecule has 2 aromatic rings. The molecular weight excluding hydrogens is 528 g/mol.